The van der Waals surface area contributed by atoms with Crippen LogP contribution in [-0.2, 0) is 71.8 Å². The summed E-state index contributed by atoms with van der Waals surface area (Å²) in [6.45, 7) is 17.7. The topological polar surface area (TPSA) is 447 Å². The highest BCUT2D eigenvalue weighted by Crippen LogP contribution is 2.38. The molecule has 1 aromatic rings. The van der Waals surface area contributed by atoms with E-state index in [1.807, 2.05) is 0 Å². The number of nitrogens with one attached hydrogen (secondary N) is 5. The Hall–Kier alpha value is -10.3. The zero-order valence-electron chi connectivity index (χ0n) is 62.5. The average molecular weight is 1470 g/mol. The molecule has 7 rings (SSSR count). The van der Waals surface area contributed by atoms with E-state index in [4.69, 9.17) is 24.6 Å². The summed E-state index contributed by atoms with van der Waals surface area (Å²) in [4.78, 5) is 241. The Balaban J connectivity index is 1.36. The molecule has 4 fully saturated rings. The van der Waals surface area contributed by atoms with Gasteiger partial charge in [0.1, 0.15) is 77.3 Å². The Labute approximate surface area is 608 Å². The Morgan fingerprint density at radius 3 is 1.62 bits per heavy atom. The van der Waals surface area contributed by atoms with E-state index in [2.05, 4.69) is 26.6 Å². The number of nitrogens with two attached hydrogens (primary N) is 1. The van der Waals surface area contributed by atoms with Crippen LogP contribution in [0, 0.1) is 31.6 Å². The summed E-state index contributed by atoms with van der Waals surface area (Å²) in [5.41, 5.74) is 1.65. The molecule has 0 aromatic heterocycles. The van der Waals surface area contributed by atoms with Crippen molar-refractivity contribution in [3.05, 3.63) is 38.5 Å². The maximum Gasteiger partial charge on any atom is 0.343 e. The summed E-state index contributed by atoms with van der Waals surface area (Å²) in [5.74, 6) is -15.3. The molecule has 8 N–H and O–H groups in total. The van der Waals surface area contributed by atoms with Gasteiger partial charge < -0.3 is 85.6 Å². The van der Waals surface area contributed by atoms with Crippen LogP contribution in [-0.4, -0.2) is 261 Å². The van der Waals surface area contributed by atoms with Crippen LogP contribution in [0.5, 0.6) is 0 Å². The van der Waals surface area contributed by atoms with Gasteiger partial charge in [-0.05, 0) is 90.0 Å². The van der Waals surface area contributed by atoms with Crippen molar-refractivity contribution in [1.29, 1.82) is 0 Å². The molecule has 1 aromatic carbocycles. The van der Waals surface area contributed by atoms with Gasteiger partial charge in [0, 0.05) is 84.0 Å². The second-order valence-corrected chi connectivity index (χ2v) is 28.5. The molecule has 12 amide bonds. The number of esters is 2. The third kappa shape index (κ3) is 18.1. The van der Waals surface area contributed by atoms with Crippen molar-refractivity contribution in [2.45, 2.75) is 201 Å². The number of carbonyl (C=O) groups is 15. The van der Waals surface area contributed by atoms with E-state index >= 15 is 9.59 Å². The molecule has 10 atom stereocenters. The fourth-order valence-electron chi connectivity index (χ4n) is 13.7. The third-order valence-electron chi connectivity index (χ3n) is 19.8. The molecule has 0 spiro atoms. The standard InChI is InChI=1S/C71H100N14O20/c1-17-26-83(29-25-49(90)91)46(87)24-23-45(86)73-41-30-40(70(101)103-38(11)54-63(94)75-52(33(3)4)68(99)84-27-19-21-43(84)66(97)79(13)31-47(88)81(15)42(18-2)62(93)77-54)56-60(36(41)9)105-61-37(10)59(92)51(72)50(57(61)74-56)71(102)104-39(12)55-64(95)76-53(34(5)6)69(100)85-28-20-22-44(85)67(98)80(14)32-48(89)82(16)58(35(7)8)65(96)78-55/h30,33-35,38-39,42-44,52-55,58H,17-29,31-32,72H2,1-16H3,(H,73,86)(H,75,94)(H,76,95)(H,77,93)(H,78,96)(H,90,91)/t38?,39?,42-,43-,44-,52+,53+,54?,55?,58-/m0/s1. The molecule has 0 bridgehead atoms. The summed E-state index contributed by atoms with van der Waals surface area (Å²) < 4.78 is 18.7. The predicted molar refractivity (Wildman–Crippen MR) is 378 cm³/mol. The van der Waals surface area contributed by atoms with Gasteiger partial charge in [-0.2, -0.15) is 0 Å². The number of hydrogen-bond acceptors (Lipinski definition) is 21. The molecule has 5 aliphatic heterocycles. The molecule has 34 nitrogen and oxygen atoms in total. The van der Waals surface area contributed by atoms with E-state index < -0.39 is 232 Å². The Morgan fingerprint density at radius 1 is 0.638 bits per heavy atom. The largest absolute Gasteiger partial charge is 0.481 e. The quantitative estimate of drug-likeness (QED) is 0.0498. The number of rotatable bonds is 19. The first-order valence-electron chi connectivity index (χ1n) is 35.5. The summed E-state index contributed by atoms with van der Waals surface area (Å²) >= 11 is 0. The molecule has 5 heterocycles. The number of aryl methyl sites for hydroxylation is 1. The van der Waals surface area contributed by atoms with Crippen LogP contribution in [0.4, 0.5) is 11.4 Å². The van der Waals surface area contributed by atoms with Crippen molar-refractivity contribution < 1.29 is 90.9 Å². The third-order valence-corrected chi connectivity index (χ3v) is 19.8. The minimum absolute atomic E-state index is 0.0183. The molecule has 0 radical (unpaired) electrons. The van der Waals surface area contributed by atoms with Crippen LogP contribution >= 0.6 is 0 Å². The van der Waals surface area contributed by atoms with Crippen LogP contribution in [0.15, 0.2) is 15.3 Å². The molecule has 4 saturated heterocycles. The lowest BCUT2D eigenvalue weighted by molar-refractivity contribution is -0.148. The lowest BCUT2D eigenvalue weighted by atomic mass is 9.99. The molecule has 4 unspecified atom stereocenters. The molecule has 105 heavy (non-hydrogen) atoms. The van der Waals surface area contributed by atoms with Gasteiger partial charge in [0.05, 0.1) is 30.8 Å². The minimum atomic E-state index is -1.89. The van der Waals surface area contributed by atoms with Gasteiger partial charge in [-0.25, -0.2) is 14.6 Å². The highest BCUT2D eigenvalue weighted by molar-refractivity contribution is 6.09. The number of anilines is 2. The van der Waals surface area contributed by atoms with E-state index in [1.165, 1.54) is 80.4 Å². The van der Waals surface area contributed by atoms with Gasteiger partial charge in [-0.3, -0.25) is 67.1 Å². The lowest BCUT2D eigenvalue weighted by Gasteiger charge is -2.34. The Morgan fingerprint density at radius 2 is 1.13 bits per heavy atom. The first-order valence-corrected chi connectivity index (χ1v) is 35.5. The van der Waals surface area contributed by atoms with Gasteiger partial charge in [0.15, 0.2) is 11.3 Å². The van der Waals surface area contributed by atoms with Crippen molar-refractivity contribution in [1.82, 2.24) is 60.6 Å². The van der Waals surface area contributed by atoms with Gasteiger partial charge in [0.2, 0.25) is 76.3 Å². The fraction of sp³-hybridized carbons (Fsp3) is 0.620. The molecule has 0 saturated carbocycles. The normalized spacial score (nSPS) is 22.9. The van der Waals surface area contributed by atoms with Crippen molar-refractivity contribution in [2.24, 2.45) is 17.8 Å². The number of carboxylic acid groups (broad SMARTS) is 1. The van der Waals surface area contributed by atoms with Crippen LogP contribution in [0.25, 0.3) is 22.6 Å². The Kier molecular flexibility index (Phi) is 27.0. The number of aliphatic carboxylic acids is 1. The zero-order valence-corrected chi connectivity index (χ0v) is 62.5. The molecular weight excluding hydrogens is 1370 g/mol. The molecular formula is C71H100N14O20. The van der Waals surface area contributed by atoms with Crippen LogP contribution in [0.3, 0.4) is 0 Å². The van der Waals surface area contributed by atoms with Crippen molar-refractivity contribution in [3.63, 3.8) is 0 Å². The number of hydrogen-bond donors (Lipinski definition) is 7. The van der Waals surface area contributed by atoms with Gasteiger partial charge in [0.25, 0.3) is 0 Å². The molecule has 6 aliphatic rings. The SMILES string of the molecule is CCCN(CCC(=O)O)C(=O)CCC(=O)Nc1cc(C(=O)OC(C)C2NC(=O)[C@H](CC)N(C)C(=O)CN(C)C(=O)[C@@H]3CCCN3C(=O)[C@@H](C(C)C)NC2=O)c2nc3c(C(=O)OC(C)C4NC(=O)[C@H](C(C)C)N(C)C(=O)CN(C)C(=O)[C@@H]5CCCN5C(=O)[C@@H](C(C)C)NC4=O)c(N)c(=O)c(C)c-3oc2c1C. The first-order chi connectivity index (χ1) is 49.3. The van der Waals surface area contributed by atoms with E-state index in [-0.39, 0.29) is 74.3 Å². The van der Waals surface area contributed by atoms with Crippen molar-refractivity contribution in [2.75, 3.05) is 78.5 Å². The van der Waals surface area contributed by atoms with Crippen LogP contribution < -0.4 is 37.7 Å². The Bertz CT molecular complexity index is 3970. The van der Waals surface area contributed by atoms with Crippen molar-refractivity contribution in [3.8, 4) is 11.5 Å². The fourth-order valence-corrected chi connectivity index (χ4v) is 13.7. The van der Waals surface area contributed by atoms with Crippen molar-refractivity contribution >= 4 is 111 Å². The van der Waals surface area contributed by atoms with Gasteiger partial charge in [-0.1, -0.05) is 55.4 Å². The number of ether oxygens (including phenoxy) is 2. The zero-order chi connectivity index (χ0) is 78.2. The number of benzene rings is 2. The van der Waals surface area contributed by atoms with Gasteiger partial charge >= 0.3 is 17.9 Å². The molecule has 34 heteroatoms. The number of nitrogens with zero attached hydrogens (tertiary/aromatic N) is 8. The van der Waals surface area contributed by atoms with Gasteiger partial charge in [-0.15, -0.1) is 0 Å². The molecule has 574 valence electrons. The summed E-state index contributed by atoms with van der Waals surface area (Å²) in [6.07, 6.45) is -2.91. The maximum absolute atomic E-state index is 15.4. The van der Waals surface area contributed by atoms with Crippen LogP contribution in [0.2, 0.25) is 0 Å². The summed E-state index contributed by atoms with van der Waals surface area (Å²) in [7, 11) is 5.48. The number of carboxylic acids is 1. The van der Waals surface area contributed by atoms with E-state index in [0.29, 0.717) is 19.3 Å². The lowest BCUT2D eigenvalue weighted by Crippen LogP contribution is -2.62. The first kappa shape index (κ1) is 82.0. The second kappa shape index (κ2) is 34.5. The van der Waals surface area contributed by atoms with Crippen LogP contribution in [0.1, 0.15) is 159 Å². The number of amides is 12. The summed E-state index contributed by atoms with van der Waals surface area (Å²) in [6, 6.07) is -9.91. The highest BCUT2D eigenvalue weighted by Gasteiger charge is 2.47. The van der Waals surface area contributed by atoms with E-state index in [9.17, 15) is 72.2 Å². The number of likely N-dealkylation sites (N-methyl/N-ethyl adjacent to an activating group) is 4. The smallest absolute Gasteiger partial charge is 0.343 e. The predicted octanol–water partition coefficient (Wildman–Crippen LogP) is 0.912. The number of nitrogen functional groups attached to an aromatic ring is 1. The second-order valence-electron chi connectivity index (χ2n) is 28.5. The monoisotopic (exact) mass is 1470 g/mol. The number of fused-ring (bicyclic) bond motifs is 4. The van der Waals surface area contributed by atoms with E-state index in [0.717, 1.165) is 15.9 Å². The molecule has 1 aliphatic carbocycles. The average Bonchev–Trinajstić information content (AvgIpc) is 1.32. The number of aromatic nitrogens is 1. The summed E-state index contributed by atoms with van der Waals surface area (Å²) in [5, 5.41) is 22.7. The number of carbonyl (C=O) groups excluding carboxylic acids is 14. The maximum atomic E-state index is 15.4. The minimum Gasteiger partial charge on any atom is -0.481 e. The van der Waals surface area contributed by atoms with E-state index in [1.54, 1.807) is 55.4 Å². The highest BCUT2D eigenvalue weighted by atomic mass is 16.5.